The summed E-state index contributed by atoms with van der Waals surface area (Å²) in [4.78, 5) is 0. The summed E-state index contributed by atoms with van der Waals surface area (Å²) in [5.41, 5.74) is 2.58. The van der Waals surface area contributed by atoms with E-state index in [1.807, 2.05) is 0 Å². The van der Waals surface area contributed by atoms with E-state index in [4.69, 9.17) is 0 Å². The van der Waals surface area contributed by atoms with Gasteiger partial charge in [0, 0.05) is 23.2 Å². The number of hydrogen-bond acceptors (Lipinski definition) is 2. The summed E-state index contributed by atoms with van der Waals surface area (Å²) in [5, 5.41) is 4.43. The topological polar surface area (TPSA) is 12.0 Å². The molecule has 2 heteroatoms. The predicted molar refractivity (Wildman–Crippen MR) is 74.4 cm³/mol. The summed E-state index contributed by atoms with van der Waals surface area (Å²) in [5.74, 6) is 1.23. The molecule has 1 fully saturated rings. The summed E-state index contributed by atoms with van der Waals surface area (Å²) in [7, 11) is 0. The van der Waals surface area contributed by atoms with E-state index in [-0.39, 0.29) is 0 Å². The van der Waals surface area contributed by atoms with Crippen LogP contribution in [0.25, 0.3) is 0 Å². The van der Waals surface area contributed by atoms with E-state index < -0.39 is 0 Å². The van der Waals surface area contributed by atoms with Crippen molar-refractivity contribution in [3.05, 3.63) is 29.8 Å². The third-order valence-electron chi connectivity index (χ3n) is 3.11. The number of rotatable bonds is 5. The van der Waals surface area contributed by atoms with Gasteiger partial charge in [-0.1, -0.05) is 25.0 Å². The highest BCUT2D eigenvalue weighted by molar-refractivity contribution is 7.99. The normalized spacial score (nSPS) is 16.6. The molecule has 0 heterocycles. The average molecular weight is 235 g/mol. The summed E-state index contributed by atoms with van der Waals surface area (Å²) in [6.07, 6.45) is 5.77. The number of aryl methyl sites for hydroxylation is 1. The van der Waals surface area contributed by atoms with E-state index in [0.717, 1.165) is 11.8 Å². The monoisotopic (exact) mass is 235 g/mol. The van der Waals surface area contributed by atoms with Crippen molar-refractivity contribution in [2.24, 2.45) is 0 Å². The molecule has 0 amide bonds. The Bertz CT molecular complexity index is 318. The minimum absolute atomic E-state index is 0.944. The zero-order valence-corrected chi connectivity index (χ0v) is 10.9. The van der Waals surface area contributed by atoms with Crippen molar-refractivity contribution < 1.29 is 0 Å². The molecule has 0 spiro atoms. The van der Waals surface area contributed by atoms with Gasteiger partial charge in [-0.3, -0.25) is 0 Å². The van der Waals surface area contributed by atoms with E-state index in [0.29, 0.717) is 0 Å². The minimum Gasteiger partial charge on any atom is -0.384 e. The highest BCUT2D eigenvalue weighted by Crippen LogP contribution is 2.29. The third-order valence-corrected chi connectivity index (χ3v) is 4.49. The molecule has 0 bridgehead atoms. The second kappa shape index (κ2) is 6.19. The molecule has 88 valence electrons. The van der Waals surface area contributed by atoms with Crippen LogP contribution in [0.1, 0.15) is 31.2 Å². The van der Waals surface area contributed by atoms with Gasteiger partial charge in [-0.2, -0.15) is 11.8 Å². The van der Waals surface area contributed by atoms with Crippen LogP contribution in [-0.4, -0.2) is 17.5 Å². The van der Waals surface area contributed by atoms with E-state index in [9.17, 15) is 0 Å². The van der Waals surface area contributed by atoms with Crippen LogP contribution in [0.3, 0.4) is 0 Å². The van der Waals surface area contributed by atoms with E-state index in [1.165, 1.54) is 42.7 Å². The lowest BCUT2D eigenvalue weighted by Gasteiger charge is -2.10. The lowest BCUT2D eigenvalue weighted by molar-refractivity contribution is 0.886. The maximum absolute atomic E-state index is 3.49. The first kappa shape index (κ1) is 11.8. The van der Waals surface area contributed by atoms with Gasteiger partial charge >= 0.3 is 0 Å². The van der Waals surface area contributed by atoms with Crippen LogP contribution < -0.4 is 5.32 Å². The van der Waals surface area contributed by atoms with Crippen molar-refractivity contribution in [3.8, 4) is 0 Å². The van der Waals surface area contributed by atoms with Gasteiger partial charge in [0.15, 0.2) is 0 Å². The maximum Gasteiger partial charge on any atom is 0.0343 e. The highest BCUT2D eigenvalue weighted by Gasteiger charge is 2.14. The molecule has 1 aliphatic rings. The number of anilines is 1. The van der Waals surface area contributed by atoms with E-state index >= 15 is 0 Å². The van der Waals surface area contributed by atoms with Gasteiger partial charge in [0.25, 0.3) is 0 Å². The summed E-state index contributed by atoms with van der Waals surface area (Å²) < 4.78 is 0. The summed E-state index contributed by atoms with van der Waals surface area (Å²) >= 11 is 2.14. The molecule has 0 radical (unpaired) electrons. The largest absolute Gasteiger partial charge is 0.384 e. The Balaban J connectivity index is 1.64. The van der Waals surface area contributed by atoms with Crippen LogP contribution in [0, 0.1) is 6.92 Å². The second-order valence-corrected chi connectivity index (χ2v) is 5.98. The fourth-order valence-electron chi connectivity index (χ4n) is 2.23. The summed E-state index contributed by atoms with van der Waals surface area (Å²) in [6.45, 7) is 3.23. The Labute approximate surface area is 103 Å². The van der Waals surface area contributed by atoms with Crippen molar-refractivity contribution >= 4 is 17.4 Å². The molecule has 0 saturated heterocycles. The third kappa shape index (κ3) is 3.75. The highest BCUT2D eigenvalue weighted by atomic mass is 32.2. The van der Waals surface area contributed by atoms with Gasteiger partial charge in [0.2, 0.25) is 0 Å². The first-order chi connectivity index (χ1) is 7.84. The molecule has 1 aromatic carbocycles. The zero-order chi connectivity index (χ0) is 11.2. The molecule has 0 atom stereocenters. The van der Waals surface area contributed by atoms with Crippen molar-refractivity contribution in [2.75, 3.05) is 17.6 Å². The van der Waals surface area contributed by atoms with Crippen molar-refractivity contribution in [1.29, 1.82) is 0 Å². The molecule has 1 nitrogen and oxygen atoms in total. The van der Waals surface area contributed by atoms with Gasteiger partial charge < -0.3 is 5.32 Å². The maximum atomic E-state index is 3.49. The van der Waals surface area contributed by atoms with Gasteiger partial charge in [-0.05, 0) is 37.5 Å². The molecule has 0 aliphatic heterocycles. The molecule has 2 rings (SSSR count). The Morgan fingerprint density at radius 2 is 2.12 bits per heavy atom. The fourth-order valence-corrected chi connectivity index (χ4v) is 3.45. The lowest BCUT2D eigenvalue weighted by atomic mass is 10.2. The lowest BCUT2D eigenvalue weighted by Crippen LogP contribution is -2.07. The molecule has 1 aliphatic carbocycles. The van der Waals surface area contributed by atoms with Crippen LogP contribution in [0.15, 0.2) is 24.3 Å². The van der Waals surface area contributed by atoms with Crippen LogP contribution >= 0.6 is 11.8 Å². The average Bonchev–Trinajstić information content (AvgIpc) is 2.77. The molecule has 1 saturated carbocycles. The quantitative estimate of drug-likeness (QED) is 0.772. The van der Waals surface area contributed by atoms with Gasteiger partial charge in [-0.25, -0.2) is 0 Å². The molecular formula is C14H21NS. The van der Waals surface area contributed by atoms with E-state index in [2.05, 4.69) is 48.3 Å². The molecule has 1 aromatic rings. The Hall–Kier alpha value is -0.630. The van der Waals surface area contributed by atoms with Crippen molar-refractivity contribution in [1.82, 2.24) is 0 Å². The van der Waals surface area contributed by atoms with Gasteiger partial charge in [0.1, 0.15) is 0 Å². The number of benzene rings is 1. The number of nitrogens with one attached hydrogen (secondary N) is 1. The van der Waals surface area contributed by atoms with Crippen LogP contribution in [-0.2, 0) is 0 Å². The number of thioether (sulfide) groups is 1. The molecule has 16 heavy (non-hydrogen) atoms. The van der Waals surface area contributed by atoms with Crippen LogP contribution in [0.4, 0.5) is 5.69 Å². The molecular weight excluding hydrogens is 214 g/mol. The van der Waals surface area contributed by atoms with Crippen molar-refractivity contribution in [2.45, 2.75) is 37.9 Å². The van der Waals surface area contributed by atoms with Crippen LogP contribution in [0.5, 0.6) is 0 Å². The summed E-state index contributed by atoms with van der Waals surface area (Å²) in [6, 6.07) is 8.60. The Kier molecular flexibility index (Phi) is 4.58. The SMILES string of the molecule is Cc1cccc(NCCSC2CCCC2)c1. The second-order valence-electron chi connectivity index (χ2n) is 4.57. The minimum atomic E-state index is 0.944. The first-order valence-corrected chi connectivity index (χ1v) is 7.31. The van der Waals surface area contributed by atoms with Crippen LogP contribution in [0.2, 0.25) is 0 Å². The standard InChI is InChI=1S/C14H21NS/c1-12-5-4-6-13(11-12)15-9-10-16-14-7-2-3-8-14/h4-6,11,14-15H,2-3,7-10H2,1H3. The molecule has 0 unspecified atom stereocenters. The molecule has 0 aromatic heterocycles. The Morgan fingerprint density at radius 1 is 1.31 bits per heavy atom. The number of hydrogen-bond donors (Lipinski definition) is 1. The first-order valence-electron chi connectivity index (χ1n) is 6.27. The Morgan fingerprint density at radius 3 is 2.88 bits per heavy atom. The fraction of sp³-hybridized carbons (Fsp3) is 0.571. The smallest absolute Gasteiger partial charge is 0.0343 e. The molecule has 1 N–H and O–H groups in total. The van der Waals surface area contributed by atoms with Gasteiger partial charge in [0.05, 0.1) is 0 Å². The predicted octanol–water partition coefficient (Wildman–Crippen LogP) is 4.08. The zero-order valence-electron chi connectivity index (χ0n) is 10.0. The van der Waals surface area contributed by atoms with Gasteiger partial charge in [-0.15, -0.1) is 0 Å². The van der Waals surface area contributed by atoms with E-state index in [1.54, 1.807) is 0 Å². The van der Waals surface area contributed by atoms with Crippen molar-refractivity contribution in [3.63, 3.8) is 0 Å².